The summed E-state index contributed by atoms with van der Waals surface area (Å²) in [5.41, 5.74) is 10.8. The molecule has 0 spiro atoms. The van der Waals surface area contributed by atoms with Crippen LogP contribution in [0.1, 0.15) is 29.5 Å². The maximum absolute atomic E-state index is 5.64. The van der Waals surface area contributed by atoms with E-state index in [9.17, 15) is 0 Å². The normalized spacial score (nSPS) is 14.7. The zero-order valence-corrected chi connectivity index (χ0v) is 12.7. The monoisotopic (exact) mass is 281 g/mol. The minimum Gasteiger partial charge on any atom is -0.330 e. The highest BCUT2D eigenvalue weighted by atomic mass is 15.2. The van der Waals surface area contributed by atoms with Gasteiger partial charge < -0.3 is 10.6 Å². The van der Waals surface area contributed by atoms with Gasteiger partial charge in [0.25, 0.3) is 0 Å². The van der Waals surface area contributed by atoms with E-state index in [1.165, 1.54) is 35.2 Å². The van der Waals surface area contributed by atoms with Gasteiger partial charge in [0.15, 0.2) is 0 Å². The highest BCUT2D eigenvalue weighted by molar-refractivity contribution is 5.66. The number of pyridine rings is 1. The standard InChI is InChI=1S/C18H23N3/c1-14-12-15(9-10-19)13-20-18(14)21-11-5-4-7-16-6-2-3-8-17(16)21/h2-3,6,8,12-13H,4-5,7,9-11,19H2,1H3. The quantitative estimate of drug-likeness (QED) is 0.938. The number of nitrogens with zero attached hydrogens (tertiary/aromatic N) is 2. The van der Waals surface area contributed by atoms with Gasteiger partial charge in [0.2, 0.25) is 0 Å². The number of hydrogen-bond donors (Lipinski definition) is 1. The highest BCUT2D eigenvalue weighted by Gasteiger charge is 2.18. The van der Waals surface area contributed by atoms with Gasteiger partial charge in [-0.05, 0) is 61.9 Å². The minimum absolute atomic E-state index is 0.674. The second kappa shape index (κ2) is 6.27. The van der Waals surface area contributed by atoms with Crippen LogP contribution in [0, 0.1) is 6.92 Å². The summed E-state index contributed by atoms with van der Waals surface area (Å²) in [5.74, 6) is 1.09. The third-order valence-corrected chi connectivity index (χ3v) is 4.16. The average Bonchev–Trinajstić information content (AvgIpc) is 2.70. The summed E-state index contributed by atoms with van der Waals surface area (Å²) in [6.07, 6.45) is 6.49. The SMILES string of the molecule is Cc1cc(CCN)cnc1N1CCCCc2ccccc21. The first-order valence-corrected chi connectivity index (χ1v) is 7.80. The summed E-state index contributed by atoms with van der Waals surface area (Å²) in [5, 5.41) is 0. The van der Waals surface area contributed by atoms with Crippen molar-refractivity contribution in [2.75, 3.05) is 18.0 Å². The Labute approximate surface area is 126 Å². The molecule has 3 rings (SSSR count). The number of fused-ring (bicyclic) bond motifs is 1. The van der Waals surface area contributed by atoms with Crippen LogP contribution in [0.5, 0.6) is 0 Å². The lowest BCUT2D eigenvalue weighted by Crippen LogP contribution is -2.20. The lowest BCUT2D eigenvalue weighted by molar-refractivity contribution is 0.756. The first-order valence-electron chi connectivity index (χ1n) is 7.80. The first-order chi connectivity index (χ1) is 10.3. The third kappa shape index (κ3) is 2.93. The fourth-order valence-electron chi connectivity index (χ4n) is 3.12. The Morgan fingerprint density at radius 2 is 2.10 bits per heavy atom. The first kappa shape index (κ1) is 14.1. The van der Waals surface area contributed by atoms with Gasteiger partial charge in [-0.25, -0.2) is 4.98 Å². The maximum Gasteiger partial charge on any atom is 0.135 e. The van der Waals surface area contributed by atoms with Gasteiger partial charge in [-0.2, -0.15) is 0 Å². The van der Waals surface area contributed by atoms with E-state index in [1.807, 2.05) is 6.20 Å². The van der Waals surface area contributed by atoms with Crippen LogP contribution in [-0.2, 0) is 12.8 Å². The minimum atomic E-state index is 0.674. The van der Waals surface area contributed by atoms with E-state index in [1.54, 1.807) is 0 Å². The Hall–Kier alpha value is -1.87. The summed E-state index contributed by atoms with van der Waals surface area (Å²) in [4.78, 5) is 7.11. The molecule has 1 aromatic heterocycles. The molecule has 0 amide bonds. The molecule has 0 aliphatic carbocycles. The third-order valence-electron chi connectivity index (χ3n) is 4.16. The van der Waals surface area contributed by atoms with Crippen LogP contribution >= 0.6 is 0 Å². The summed E-state index contributed by atoms with van der Waals surface area (Å²) in [6, 6.07) is 10.9. The Balaban J connectivity index is 2.00. The molecule has 0 saturated heterocycles. The van der Waals surface area contributed by atoms with Gasteiger partial charge in [-0.3, -0.25) is 0 Å². The number of rotatable bonds is 3. The summed E-state index contributed by atoms with van der Waals surface area (Å²) < 4.78 is 0. The highest BCUT2D eigenvalue weighted by Crippen LogP contribution is 2.33. The van der Waals surface area contributed by atoms with Crippen molar-refractivity contribution >= 4 is 11.5 Å². The van der Waals surface area contributed by atoms with E-state index in [4.69, 9.17) is 10.7 Å². The molecule has 3 nitrogen and oxygen atoms in total. The predicted molar refractivity (Wildman–Crippen MR) is 88.1 cm³/mol. The molecule has 0 radical (unpaired) electrons. The number of benzene rings is 1. The largest absolute Gasteiger partial charge is 0.330 e. The van der Waals surface area contributed by atoms with Crippen molar-refractivity contribution in [2.45, 2.75) is 32.6 Å². The predicted octanol–water partition coefficient (Wildman–Crippen LogP) is 3.37. The van der Waals surface area contributed by atoms with Crippen LogP contribution in [0.4, 0.5) is 11.5 Å². The molecule has 1 aliphatic rings. The van der Waals surface area contributed by atoms with Crippen molar-refractivity contribution in [3.8, 4) is 0 Å². The second-order valence-electron chi connectivity index (χ2n) is 5.76. The molecule has 0 saturated carbocycles. The Morgan fingerprint density at radius 1 is 1.24 bits per heavy atom. The topological polar surface area (TPSA) is 42.1 Å². The van der Waals surface area contributed by atoms with Crippen LogP contribution in [0.2, 0.25) is 0 Å². The van der Waals surface area contributed by atoms with E-state index < -0.39 is 0 Å². The summed E-state index contributed by atoms with van der Waals surface area (Å²) in [6.45, 7) is 3.87. The average molecular weight is 281 g/mol. The lowest BCUT2D eigenvalue weighted by Gasteiger charge is -2.25. The fourth-order valence-corrected chi connectivity index (χ4v) is 3.12. The van der Waals surface area contributed by atoms with Gasteiger partial charge in [0, 0.05) is 18.4 Å². The second-order valence-corrected chi connectivity index (χ2v) is 5.76. The molecule has 21 heavy (non-hydrogen) atoms. The molecule has 2 N–H and O–H groups in total. The van der Waals surface area contributed by atoms with Crippen LogP contribution in [0.3, 0.4) is 0 Å². The van der Waals surface area contributed by atoms with Crippen LogP contribution in [-0.4, -0.2) is 18.1 Å². The molecule has 2 aromatic rings. The molecule has 3 heteroatoms. The van der Waals surface area contributed by atoms with E-state index in [0.29, 0.717) is 6.54 Å². The number of hydrogen-bond acceptors (Lipinski definition) is 3. The molecule has 110 valence electrons. The molecule has 1 aromatic carbocycles. The van der Waals surface area contributed by atoms with E-state index >= 15 is 0 Å². The molecule has 0 unspecified atom stereocenters. The number of aromatic nitrogens is 1. The van der Waals surface area contributed by atoms with Gasteiger partial charge in [0.05, 0.1) is 0 Å². The van der Waals surface area contributed by atoms with Gasteiger partial charge in [0.1, 0.15) is 5.82 Å². The number of anilines is 2. The van der Waals surface area contributed by atoms with E-state index in [2.05, 4.69) is 42.2 Å². The Morgan fingerprint density at radius 3 is 2.90 bits per heavy atom. The molecule has 0 bridgehead atoms. The molecule has 2 heterocycles. The van der Waals surface area contributed by atoms with Gasteiger partial charge >= 0.3 is 0 Å². The van der Waals surface area contributed by atoms with Crippen molar-refractivity contribution in [1.29, 1.82) is 0 Å². The zero-order chi connectivity index (χ0) is 14.7. The smallest absolute Gasteiger partial charge is 0.135 e. The van der Waals surface area contributed by atoms with Crippen molar-refractivity contribution < 1.29 is 0 Å². The van der Waals surface area contributed by atoms with Crippen LogP contribution < -0.4 is 10.6 Å². The van der Waals surface area contributed by atoms with Gasteiger partial charge in [-0.15, -0.1) is 0 Å². The van der Waals surface area contributed by atoms with Crippen LogP contribution in [0.25, 0.3) is 0 Å². The summed E-state index contributed by atoms with van der Waals surface area (Å²) in [7, 11) is 0. The number of aryl methyl sites for hydroxylation is 2. The molecule has 0 fully saturated rings. The fraction of sp³-hybridized carbons (Fsp3) is 0.389. The molecule has 0 atom stereocenters. The number of nitrogens with two attached hydrogens (primary N) is 1. The van der Waals surface area contributed by atoms with Crippen molar-refractivity contribution in [3.63, 3.8) is 0 Å². The zero-order valence-electron chi connectivity index (χ0n) is 12.7. The summed E-state index contributed by atoms with van der Waals surface area (Å²) >= 11 is 0. The number of para-hydroxylation sites is 1. The van der Waals surface area contributed by atoms with E-state index in [-0.39, 0.29) is 0 Å². The lowest BCUT2D eigenvalue weighted by atomic mass is 10.1. The van der Waals surface area contributed by atoms with E-state index in [0.717, 1.165) is 25.2 Å². The van der Waals surface area contributed by atoms with Gasteiger partial charge in [-0.1, -0.05) is 24.3 Å². The molecular formula is C18H23N3. The van der Waals surface area contributed by atoms with Crippen molar-refractivity contribution in [3.05, 3.63) is 53.2 Å². The van der Waals surface area contributed by atoms with Crippen molar-refractivity contribution in [2.24, 2.45) is 5.73 Å². The maximum atomic E-state index is 5.64. The van der Waals surface area contributed by atoms with Crippen molar-refractivity contribution in [1.82, 2.24) is 4.98 Å². The Bertz CT molecular complexity index is 622. The Kier molecular flexibility index (Phi) is 4.20. The molecule has 1 aliphatic heterocycles. The van der Waals surface area contributed by atoms with Crippen LogP contribution in [0.15, 0.2) is 36.5 Å². The molecular weight excluding hydrogens is 258 g/mol.